The highest BCUT2D eigenvalue weighted by Crippen LogP contribution is 2.09. The number of hydrogen-bond donors (Lipinski definition) is 2. The Bertz CT molecular complexity index is 544. The lowest BCUT2D eigenvalue weighted by atomic mass is 10.1. The van der Waals surface area contributed by atoms with Crippen LogP contribution >= 0.6 is 0 Å². The van der Waals surface area contributed by atoms with E-state index in [1.54, 1.807) is 0 Å². The van der Waals surface area contributed by atoms with Crippen molar-refractivity contribution >= 4 is 6.09 Å². The third kappa shape index (κ3) is 3.85. The predicted octanol–water partition coefficient (Wildman–Crippen LogP) is 2.50. The van der Waals surface area contributed by atoms with E-state index in [1.807, 2.05) is 44.2 Å². The van der Waals surface area contributed by atoms with Crippen molar-refractivity contribution in [3.8, 4) is 0 Å². The van der Waals surface area contributed by atoms with Gasteiger partial charge >= 0.3 is 6.09 Å². The molecule has 2 aromatic rings. The van der Waals surface area contributed by atoms with Crippen LogP contribution in [0.3, 0.4) is 0 Å². The molecule has 0 spiro atoms. The van der Waals surface area contributed by atoms with E-state index in [0.717, 1.165) is 28.9 Å². The molecular weight excluding hydrogens is 254 g/mol. The van der Waals surface area contributed by atoms with Crippen molar-refractivity contribution in [2.45, 2.75) is 26.9 Å². The van der Waals surface area contributed by atoms with E-state index in [9.17, 15) is 4.79 Å². The van der Waals surface area contributed by atoms with Gasteiger partial charge in [-0.25, -0.2) is 4.79 Å². The van der Waals surface area contributed by atoms with Gasteiger partial charge < -0.3 is 10.1 Å². The second kappa shape index (κ2) is 6.75. The number of benzene rings is 1. The third-order valence-electron chi connectivity index (χ3n) is 3.14. The lowest BCUT2D eigenvalue weighted by Gasteiger charge is -2.07. The Labute approximate surface area is 118 Å². The molecule has 0 fully saturated rings. The molecule has 0 aliphatic carbocycles. The summed E-state index contributed by atoms with van der Waals surface area (Å²) in [5.41, 5.74) is 4.14. The van der Waals surface area contributed by atoms with Crippen molar-refractivity contribution in [3.05, 3.63) is 52.8 Å². The highest BCUT2D eigenvalue weighted by atomic mass is 16.5. The molecule has 0 aliphatic heterocycles. The Balaban J connectivity index is 1.71. The monoisotopic (exact) mass is 273 g/mol. The molecule has 0 bridgehead atoms. The number of aromatic amines is 1. The van der Waals surface area contributed by atoms with Crippen LogP contribution in [0.5, 0.6) is 0 Å². The fourth-order valence-electron chi connectivity index (χ4n) is 2.01. The van der Waals surface area contributed by atoms with Gasteiger partial charge in [-0.05, 0) is 31.4 Å². The first-order chi connectivity index (χ1) is 9.66. The average Bonchev–Trinajstić information content (AvgIpc) is 2.78. The van der Waals surface area contributed by atoms with Gasteiger partial charge in [0.25, 0.3) is 0 Å². The van der Waals surface area contributed by atoms with Gasteiger partial charge in [0.05, 0.1) is 5.69 Å². The summed E-state index contributed by atoms with van der Waals surface area (Å²) in [5.74, 6) is 0. The number of ether oxygens (including phenoxy) is 1. The first-order valence-corrected chi connectivity index (χ1v) is 6.62. The fraction of sp³-hybridized carbons (Fsp3) is 0.333. The normalized spacial score (nSPS) is 10.3. The minimum absolute atomic E-state index is 0.288. The van der Waals surface area contributed by atoms with Crippen LogP contribution in [-0.4, -0.2) is 22.8 Å². The van der Waals surface area contributed by atoms with E-state index < -0.39 is 6.09 Å². The maximum atomic E-state index is 11.6. The molecule has 0 saturated carbocycles. The molecule has 0 saturated heterocycles. The number of H-pyrrole nitrogens is 1. The van der Waals surface area contributed by atoms with E-state index >= 15 is 0 Å². The van der Waals surface area contributed by atoms with Crippen molar-refractivity contribution in [2.24, 2.45) is 0 Å². The molecule has 1 aromatic carbocycles. The van der Waals surface area contributed by atoms with E-state index in [2.05, 4.69) is 15.5 Å². The lowest BCUT2D eigenvalue weighted by molar-refractivity contribution is 0.140. The second-order valence-corrected chi connectivity index (χ2v) is 4.65. The van der Waals surface area contributed by atoms with E-state index in [1.165, 1.54) is 0 Å². The summed E-state index contributed by atoms with van der Waals surface area (Å²) >= 11 is 0. The first-order valence-electron chi connectivity index (χ1n) is 6.62. The highest BCUT2D eigenvalue weighted by Gasteiger charge is 2.07. The topological polar surface area (TPSA) is 67.0 Å². The van der Waals surface area contributed by atoms with E-state index in [-0.39, 0.29) is 6.61 Å². The molecule has 5 heteroatoms. The maximum Gasteiger partial charge on any atom is 0.407 e. The van der Waals surface area contributed by atoms with Gasteiger partial charge in [-0.3, -0.25) is 5.10 Å². The number of aryl methyl sites for hydroxylation is 2. The van der Waals surface area contributed by atoms with Gasteiger partial charge in [0.15, 0.2) is 0 Å². The molecule has 0 radical (unpaired) electrons. The van der Waals surface area contributed by atoms with Gasteiger partial charge in [0.2, 0.25) is 0 Å². The number of carbonyl (C=O) groups is 1. The summed E-state index contributed by atoms with van der Waals surface area (Å²) in [4.78, 5) is 11.6. The number of carbonyl (C=O) groups excluding carboxylic acids is 1. The third-order valence-corrected chi connectivity index (χ3v) is 3.14. The average molecular weight is 273 g/mol. The van der Waals surface area contributed by atoms with Crippen molar-refractivity contribution < 1.29 is 9.53 Å². The molecule has 5 nitrogen and oxygen atoms in total. The molecule has 0 aliphatic rings. The van der Waals surface area contributed by atoms with Gasteiger partial charge in [0, 0.05) is 12.2 Å². The van der Waals surface area contributed by atoms with Crippen LogP contribution < -0.4 is 5.32 Å². The van der Waals surface area contributed by atoms with Crippen molar-refractivity contribution in [3.63, 3.8) is 0 Å². The maximum absolute atomic E-state index is 11.6. The summed E-state index contributed by atoms with van der Waals surface area (Å²) in [6.07, 6.45) is 0.349. The molecule has 1 amide bonds. The van der Waals surface area contributed by atoms with Crippen LogP contribution in [0.4, 0.5) is 4.79 Å². The first kappa shape index (κ1) is 14.1. The number of hydrogen-bond acceptors (Lipinski definition) is 3. The Morgan fingerprint density at radius 1 is 1.30 bits per heavy atom. The minimum Gasteiger partial charge on any atom is -0.445 e. The summed E-state index contributed by atoms with van der Waals surface area (Å²) in [5, 5.41) is 9.79. The summed E-state index contributed by atoms with van der Waals surface area (Å²) in [6.45, 7) is 4.75. The number of amides is 1. The Morgan fingerprint density at radius 3 is 2.70 bits per heavy atom. The largest absolute Gasteiger partial charge is 0.445 e. The van der Waals surface area contributed by atoms with E-state index in [0.29, 0.717) is 6.54 Å². The molecule has 2 N–H and O–H groups in total. The van der Waals surface area contributed by atoms with Crippen LogP contribution in [0.2, 0.25) is 0 Å². The molecule has 0 unspecified atom stereocenters. The number of nitrogens with one attached hydrogen (secondary N) is 2. The summed E-state index contributed by atoms with van der Waals surface area (Å²) in [6, 6.07) is 9.61. The molecular formula is C15H19N3O2. The summed E-state index contributed by atoms with van der Waals surface area (Å²) < 4.78 is 5.13. The number of alkyl carbamates (subject to hydrolysis) is 1. The number of aromatic nitrogens is 2. The summed E-state index contributed by atoms with van der Waals surface area (Å²) in [7, 11) is 0. The second-order valence-electron chi connectivity index (χ2n) is 4.65. The van der Waals surface area contributed by atoms with Gasteiger partial charge in [-0.15, -0.1) is 0 Å². The van der Waals surface area contributed by atoms with Gasteiger partial charge in [0.1, 0.15) is 6.61 Å². The standard InChI is InChI=1S/C15H19N3O2/c1-11-14(12(2)18-17-11)8-9-16-15(19)20-10-13-6-4-3-5-7-13/h3-7H,8-10H2,1-2H3,(H,16,19)(H,17,18). The van der Waals surface area contributed by atoms with Crippen LogP contribution in [0.15, 0.2) is 30.3 Å². The molecule has 2 rings (SSSR count). The van der Waals surface area contributed by atoms with E-state index in [4.69, 9.17) is 4.74 Å². The Hall–Kier alpha value is -2.30. The molecule has 1 aromatic heterocycles. The van der Waals surface area contributed by atoms with Crippen molar-refractivity contribution in [1.82, 2.24) is 15.5 Å². The Morgan fingerprint density at radius 2 is 2.05 bits per heavy atom. The predicted molar refractivity (Wildman–Crippen MR) is 76.4 cm³/mol. The number of nitrogens with zero attached hydrogens (tertiary/aromatic N) is 1. The lowest BCUT2D eigenvalue weighted by Crippen LogP contribution is -2.26. The van der Waals surface area contributed by atoms with Crippen molar-refractivity contribution in [2.75, 3.05) is 6.54 Å². The highest BCUT2D eigenvalue weighted by molar-refractivity contribution is 5.67. The quantitative estimate of drug-likeness (QED) is 0.879. The van der Waals surface area contributed by atoms with Crippen molar-refractivity contribution in [1.29, 1.82) is 0 Å². The van der Waals surface area contributed by atoms with Crippen LogP contribution in [0.1, 0.15) is 22.5 Å². The van der Waals surface area contributed by atoms with Crippen LogP contribution in [0.25, 0.3) is 0 Å². The molecule has 20 heavy (non-hydrogen) atoms. The van der Waals surface area contributed by atoms with Crippen LogP contribution in [-0.2, 0) is 17.8 Å². The van der Waals surface area contributed by atoms with Crippen LogP contribution in [0, 0.1) is 13.8 Å². The Kier molecular flexibility index (Phi) is 4.76. The smallest absolute Gasteiger partial charge is 0.407 e. The zero-order valence-corrected chi connectivity index (χ0v) is 11.8. The zero-order chi connectivity index (χ0) is 14.4. The van der Waals surface area contributed by atoms with Gasteiger partial charge in [-0.1, -0.05) is 30.3 Å². The SMILES string of the molecule is Cc1n[nH]c(C)c1CCNC(=O)OCc1ccccc1. The minimum atomic E-state index is -0.396. The van der Waals surface area contributed by atoms with Gasteiger partial charge in [-0.2, -0.15) is 5.10 Å². The molecule has 1 heterocycles. The molecule has 106 valence electrons. The zero-order valence-electron chi connectivity index (χ0n) is 11.8. The fourth-order valence-corrected chi connectivity index (χ4v) is 2.01. The molecule has 0 atom stereocenters. The number of rotatable bonds is 5.